The molecular formula is C24H25ClN4O2S. The number of hydrogen-bond acceptors (Lipinski definition) is 7. The highest BCUT2D eigenvalue weighted by molar-refractivity contribution is 7.15. The number of halogens is 1. The molecule has 6 nitrogen and oxygen atoms in total. The van der Waals surface area contributed by atoms with Crippen molar-refractivity contribution in [2.75, 3.05) is 19.5 Å². The van der Waals surface area contributed by atoms with Crippen LogP contribution in [-0.4, -0.2) is 24.2 Å². The SMILES string of the molecule is COc1cc2nc(C)nc(NC(C)c3ccc(-c4cccc(Cl)c4CN)s3)c2cc1OC. The number of nitrogens with zero attached hydrogens (tertiary/aromatic N) is 2. The highest BCUT2D eigenvalue weighted by atomic mass is 35.5. The zero-order valence-corrected chi connectivity index (χ0v) is 20.0. The van der Waals surface area contributed by atoms with Crippen LogP contribution < -0.4 is 20.5 Å². The van der Waals surface area contributed by atoms with E-state index in [1.165, 1.54) is 4.88 Å². The van der Waals surface area contributed by atoms with Gasteiger partial charge in [-0.3, -0.25) is 0 Å². The summed E-state index contributed by atoms with van der Waals surface area (Å²) < 4.78 is 10.9. The van der Waals surface area contributed by atoms with E-state index >= 15 is 0 Å². The smallest absolute Gasteiger partial charge is 0.162 e. The first kappa shape index (κ1) is 22.3. The van der Waals surface area contributed by atoms with Crippen LogP contribution in [0.4, 0.5) is 5.82 Å². The van der Waals surface area contributed by atoms with Crippen LogP contribution in [-0.2, 0) is 6.54 Å². The molecule has 2 aromatic heterocycles. The zero-order chi connectivity index (χ0) is 22.8. The standard InChI is InChI=1S/C24H25ClN4O2S/c1-13(22-8-9-23(32-22)15-6-5-7-18(25)17(15)12-26)27-24-16-10-20(30-3)21(31-4)11-19(16)28-14(2)29-24/h5-11,13H,12,26H2,1-4H3,(H,27,28,29). The summed E-state index contributed by atoms with van der Waals surface area (Å²) in [5, 5.41) is 5.11. The number of fused-ring (bicyclic) bond motifs is 1. The number of aromatic nitrogens is 2. The molecule has 0 fully saturated rings. The Kier molecular flexibility index (Phi) is 6.50. The van der Waals surface area contributed by atoms with Gasteiger partial charge in [0, 0.05) is 32.8 Å². The molecule has 0 amide bonds. The maximum atomic E-state index is 6.35. The molecule has 0 saturated carbocycles. The van der Waals surface area contributed by atoms with E-state index in [0.29, 0.717) is 28.9 Å². The minimum atomic E-state index is 0.0276. The molecule has 0 aliphatic heterocycles. The van der Waals surface area contributed by atoms with Crippen LogP contribution in [0.1, 0.15) is 29.2 Å². The Morgan fingerprint density at radius 1 is 1.09 bits per heavy atom. The van der Waals surface area contributed by atoms with Crippen molar-refractivity contribution in [1.82, 2.24) is 9.97 Å². The van der Waals surface area contributed by atoms with Crippen molar-refractivity contribution < 1.29 is 9.47 Å². The molecule has 2 heterocycles. The van der Waals surface area contributed by atoms with Crippen LogP contribution in [0.25, 0.3) is 21.3 Å². The Balaban J connectivity index is 1.68. The fraction of sp³-hybridized carbons (Fsp3) is 0.250. The normalized spacial score (nSPS) is 12.1. The van der Waals surface area contributed by atoms with Crippen LogP contribution in [0, 0.1) is 6.92 Å². The lowest BCUT2D eigenvalue weighted by Gasteiger charge is -2.16. The number of benzene rings is 2. The number of thiophene rings is 1. The van der Waals surface area contributed by atoms with Gasteiger partial charge >= 0.3 is 0 Å². The molecule has 0 saturated heterocycles. The average molecular weight is 469 g/mol. The third kappa shape index (κ3) is 4.24. The summed E-state index contributed by atoms with van der Waals surface area (Å²) in [6.45, 7) is 4.39. The molecule has 166 valence electrons. The summed E-state index contributed by atoms with van der Waals surface area (Å²) in [4.78, 5) is 11.5. The lowest BCUT2D eigenvalue weighted by atomic mass is 10.1. The summed E-state index contributed by atoms with van der Waals surface area (Å²) in [6, 6.07) is 13.9. The number of ether oxygens (including phenoxy) is 2. The first-order valence-electron chi connectivity index (χ1n) is 10.2. The quantitative estimate of drug-likeness (QED) is 0.347. The van der Waals surface area contributed by atoms with Gasteiger partial charge in [0.25, 0.3) is 0 Å². The third-order valence-corrected chi connectivity index (χ3v) is 6.96. The Bertz CT molecular complexity index is 1270. The molecular weight excluding hydrogens is 444 g/mol. The maximum absolute atomic E-state index is 6.35. The van der Waals surface area contributed by atoms with E-state index in [2.05, 4.69) is 40.4 Å². The molecule has 0 spiro atoms. The molecule has 32 heavy (non-hydrogen) atoms. The summed E-state index contributed by atoms with van der Waals surface area (Å²) in [6.07, 6.45) is 0. The molecule has 1 unspecified atom stereocenters. The van der Waals surface area contributed by atoms with Crippen molar-refractivity contribution in [2.24, 2.45) is 5.73 Å². The van der Waals surface area contributed by atoms with Crippen LogP contribution in [0.2, 0.25) is 5.02 Å². The lowest BCUT2D eigenvalue weighted by molar-refractivity contribution is 0.356. The van der Waals surface area contributed by atoms with Crippen molar-refractivity contribution in [3.63, 3.8) is 0 Å². The van der Waals surface area contributed by atoms with Gasteiger partial charge in [-0.15, -0.1) is 11.3 Å². The molecule has 0 aliphatic rings. The number of nitrogens with two attached hydrogens (primary N) is 1. The van der Waals surface area contributed by atoms with E-state index in [1.807, 2.05) is 31.2 Å². The van der Waals surface area contributed by atoms with Crippen molar-refractivity contribution in [3.8, 4) is 21.9 Å². The second-order valence-electron chi connectivity index (χ2n) is 7.38. The van der Waals surface area contributed by atoms with Gasteiger partial charge < -0.3 is 20.5 Å². The minimum absolute atomic E-state index is 0.0276. The number of methoxy groups -OCH3 is 2. The van der Waals surface area contributed by atoms with Gasteiger partial charge in [-0.2, -0.15) is 0 Å². The van der Waals surface area contributed by atoms with Gasteiger partial charge in [-0.05, 0) is 49.2 Å². The Morgan fingerprint density at radius 3 is 2.56 bits per heavy atom. The van der Waals surface area contributed by atoms with Crippen LogP contribution in [0.15, 0.2) is 42.5 Å². The first-order valence-corrected chi connectivity index (χ1v) is 11.4. The number of hydrogen-bond donors (Lipinski definition) is 2. The molecule has 4 aromatic rings. The molecule has 0 aliphatic carbocycles. The van der Waals surface area contributed by atoms with Crippen LogP contribution in [0.5, 0.6) is 11.5 Å². The van der Waals surface area contributed by atoms with E-state index in [0.717, 1.165) is 32.7 Å². The van der Waals surface area contributed by atoms with Crippen molar-refractivity contribution in [3.05, 3.63) is 63.8 Å². The van der Waals surface area contributed by atoms with Crippen LogP contribution >= 0.6 is 22.9 Å². The Morgan fingerprint density at radius 2 is 1.84 bits per heavy atom. The van der Waals surface area contributed by atoms with E-state index in [1.54, 1.807) is 25.6 Å². The van der Waals surface area contributed by atoms with Gasteiger partial charge in [0.15, 0.2) is 11.5 Å². The van der Waals surface area contributed by atoms with Crippen LogP contribution in [0.3, 0.4) is 0 Å². The number of rotatable bonds is 7. The van der Waals surface area contributed by atoms with E-state index < -0.39 is 0 Å². The topological polar surface area (TPSA) is 82.3 Å². The van der Waals surface area contributed by atoms with E-state index in [9.17, 15) is 0 Å². The van der Waals surface area contributed by atoms with Gasteiger partial charge in [0.1, 0.15) is 11.6 Å². The van der Waals surface area contributed by atoms with Crippen molar-refractivity contribution in [2.45, 2.75) is 26.4 Å². The van der Waals surface area contributed by atoms with Gasteiger partial charge in [0.2, 0.25) is 0 Å². The molecule has 0 radical (unpaired) electrons. The van der Waals surface area contributed by atoms with Gasteiger partial charge in [0.05, 0.1) is 25.8 Å². The van der Waals surface area contributed by atoms with Gasteiger partial charge in [-0.25, -0.2) is 9.97 Å². The number of aryl methyl sites for hydroxylation is 1. The first-order chi connectivity index (χ1) is 15.4. The fourth-order valence-corrected chi connectivity index (χ4v) is 5.00. The molecule has 8 heteroatoms. The Labute approximate surface area is 196 Å². The summed E-state index contributed by atoms with van der Waals surface area (Å²) >= 11 is 8.06. The molecule has 3 N–H and O–H groups in total. The molecule has 0 bridgehead atoms. The summed E-state index contributed by atoms with van der Waals surface area (Å²) in [5.41, 5.74) is 8.77. The van der Waals surface area contributed by atoms with Crippen molar-refractivity contribution >= 4 is 39.7 Å². The highest BCUT2D eigenvalue weighted by Gasteiger charge is 2.17. The highest BCUT2D eigenvalue weighted by Crippen LogP contribution is 2.38. The molecule has 1 atom stereocenters. The summed E-state index contributed by atoms with van der Waals surface area (Å²) in [7, 11) is 3.23. The molecule has 2 aromatic carbocycles. The number of nitrogens with one attached hydrogen (secondary N) is 1. The lowest BCUT2D eigenvalue weighted by Crippen LogP contribution is -2.08. The zero-order valence-electron chi connectivity index (χ0n) is 18.4. The minimum Gasteiger partial charge on any atom is -0.493 e. The van der Waals surface area contributed by atoms with E-state index in [4.69, 9.17) is 26.8 Å². The second kappa shape index (κ2) is 9.32. The largest absolute Gasteiger partial charge is 0.493 e. The Hall–Kier alpha value is -2.87. The summed E-state index contributed by atoms with van der Waals surface area (Å²) in [5.74, 6) is 2.70. The van der Waals surface area contributed by atoms with E-state index in [-0.39, 0.29) is 6.04 Å². The van der Waals surface area contributed by atoms with Gasteiger partial charge in [-0.1, -0.05) is 23.7 Å². The monoisotopic (exact) mass is 468 g/mol. The second-order valence-corrected chi connectivity index (χ2v) is 8.90. The predicted molar refractivity (Wildman–Crippen MR) is 132 cm³/mol. The third-order valence-electron chi connectivity index (χ3n) is 5.31. The average Bonchev–Trinajstić information content (AvgIpc) is 3.28. The maximum Gasteiger partial charge on any atom is 0.162 e. The fourth-order valence-electron chi connectivity index (χ4n) is 3.69. The predicted octanol–water partition coefficient (Wildman–Crippen LogP) is 5.97. The van der Waals surface area contributed by atoms with Crippen molar-refractivity contribution in [1.29, 1.82) is 0 Å². The molecule has 4 rings (SSSR count). The number of anilines is 1.